The molecule has 3 aliphatic rings. The van der Waals surface area contributed by atoms with Crippen molar-refractivity contribution in [1.29, 1.82) is 0 Å². The van der Waals surface area contributed by atoms with E-state index in [2.05, 4.69) is 26.7 Å². The number of hydrogen-bond acceptors (Lipinski definition) is 2. The molecule has 1 saturated carbocycles. The van der Waals surface area contributed by atoms with E-state index in [9.17, 15) is 4.79 Å². The molecule has 0 bridgehead atoms. The van der Waals surface area contributed by atoms with E-state index in [1.807, 2.05) is 35.2 Å². The number of benzene rings is 1. The molecule has 2 aliphatic heterocycles. The summed E-state index contributed by atoms with van der Waals surface area (Å²) in [6.45, 7) is 5.28. The summed E-state index contributed by atoms with van der Waals surface area (Å²) in [6.07, 6.45) is 12.4. The SMILES string of the molecule is C#C.CC1(C)CC1.O=C1CC[C@H]2CO[C@@H](c3ccccc3)N12. The number of carbonyl (C=O) groups excluding carboxylic acids is 1. The highest BCUT2D eigenvalue weighted by Crippen LogP contribution is 2.43. The maximum atomic E-state index is 11.7. The molecule has 1 aromatic carbocycles. The van der Waals surface area contributed by atoms with Gasteiger partial charge in [0, 0.05) is 12.0 Å². The molecule has 3 nitrogen and oxygen atoms in total. The molecule has 2 saturated heterocycles. The van der Waals surface area contributed by atoms with E-state index < -0.39 is 0 Å². The summed E-state index contributed by atoms with van der Waals surface area (Å²) in [7, 11) is 0. The van der Waals surface area contributed by atoms with Gasteiger partial charge in [-0.1, -0.05) is 44.2 Å². The summed E-state index contributed by atoms with van der Waals surface area (Å²) in [5.41, 5.74) is 1.83. The van der Waals surface area contributed by atoms with E-state index in [-0.39, 0.29) is 12.1 Å². The molecule has 0 unspecified atom stereocenters. The molecule has 0 radical (unpaired) electrons. The maximum Gasteiger partial charge on any atom is 0.225 e. The lowest BCUT2D eigenvalue weighted by atomic mass is 10.2. The van der Waals surface area contributed by atoms with Crippen LogP contribution in [0.3, 0.4) is 0 Å². The normalized spacial score (nSPS) is 27.1. The van der Waals surface area contributed by atoms with Gasteiger partial charge in [-0.25, -0.2) is 0 Å². The quantitative estimate of drug-likeness (QED) is 0.739. The van der Waals surface area contributed by atoms with Gasteiger partial charge in [0.15, 0.2) is 6.23 Å². The Morgan fingerprint density at radius 3 is 2.32 bits per heavy atom. The van der Waals surface area contributed by atoms with Gasteiger partial charge >= 0.3 is 0 Å². The summed E-state index contributed by atoms with van der Waals surface area (Å²) in [5, 5.41) is 0. The fourth-order valence-corrected chi connectivity index (χ4v) is 2.65. The van der Waals surface area contributed by atoms with Crippen molar-refractivity contribution >= 4 is 5.91 Å². The van der Waals surface area contributed by atoms with E-state index in [1.54, 1.807) is 0 Å². The number of carbonyl (C=O) groups is 1. The van der Waals surface area contributed by atoms with Crippen molar-refractivity contribution in [3.8, 4) is 12.8 Å². The summed E-state index contributed by atoms with van der Waals surface area (Å²) in [4.78, 5) is 13.6. The summed E-state index contributed by atoms with van der Waals surface area (Å²) >= 11 is 0. The second-order valence-electron chi connectivity index (χ2n) is 6.75. The number of hydrogen-bond donors (Lipinski definition) is 0. The second kappa shape index (κ2) is 6.98. The zero-order chi connectivity index (χ0) is 16.2. The molecule has 0 spiro atoms. The molecule has 22 heavy (non-hydrogen) atoms. The van der Waals surface area contributed by atoms with Crippen LogP contribution in [0.4, 0.5) is 0 Å². The minimum Gasteiger partial charge on any atom is -0.352 e. The Labute approximate surface area is 133 Å². The van der Waals surface area contributed by atoms with Crippen LogP contribution >= 0.6 is 0 Å². The fraction of sp³-hybridized carbons (Fsp3) is 0.526. The van der Waals surface area contributed by atoms with E-state index in [1.165, 1.54) is 12.8 Å². The Kier molecular flexibility index (Phi) is 5.26. The van der Waals surface area contributed by atoms with Gasteiger partial charge in [0.25, 0.3) is 0 Å². The summed E-state index contributed by atoms with van der Waals surface area (Å²) in [6, 6.07) is 10.3. The average molecular weight is 299 g/mol. The number of ether oxygens (including phenoxy) is 1. The third-order valence-corrected chi connectivity index (χ3v) is 4.41. The first-order valence-electron chi connectivity index (χ1n) is 7.88. The molecular formula is C19H25NO2. The molecule has 1 aliphatic carbocycles. The predicted octanol–water partition coefficient (Wildman–Crippen LogP) is 3.76. The molecule has 2 atom stereocenters. The minimum atomic E-state index is -0.147. The molecule has 2 heterocycles. The lowest BCUT2D eigenvalue weighted by molar-refractivity contribution is -0.134. The van der Waals surface area contributed by atoms with Gasteiger partial charge in [-0.3, -0.25) is 4.79 Å². The highest BCUT2D eigenvalue weighted by atomic mass is 16.5. The van der Waals surface area contributed by atoms with Gasteiger partial charge < -0.3 is 9.64 Å². The molecule has 0 aromatic heterocycles. The second-order valence-corrected chi connectivity index (χ2v) is 6.75. The first-order chi connectivity index (χ1) is 10.6. The van der Waals surface area contributed by atoms with E-state index in [4.69, 9.17) is 4.74 Å². The number of amides is 1. The van der Waals surface area contributed by atoms with Crippen LogP contribution in [0.2, 0.25) is 0 Å². The molecule has 0 N–H and O–H groups in total. The lowest BCUT2D eigenvalue weighted by Gasteiger charge is -2.22. The van der Waals surface area contributed by atoms with Crippen LogP contribution in [0, 0.1) is 18.3 Å². The highest BCUT2D eigenvalue weighted by Gasteiger charge is 2.42. The van der Waals surface area contributed by atoms with E-state index in [0.717, 1.165) is 17.4 Å². The van der Waals surface area contributed by atoms with Crippen molar-refractivity contribution < 1.29 is 9.53 Å². The average Bonchev–Trinajstić information content (AvgIpc) is 2.94. The van der Waals surface area contributed by atoms with Crippen molar-refractivity contribution in [2.24, 2.45) is 5.41 Å². The van der Waals surface area contributed by atoms with E-state index >= 15 is 0 Å². The molecule has 4 rings (SSSR count). The maximum absolute atomic E-state index is 11.7. The van der Waals surface area contributed by atoms with Crippen molar-refractivity contribution in [1.82, 2.24) is 4.90 Å². The largest absolute Gasteiger partial charge is 0.352 e. The van der Waals surface area contributed by atoms with Gasteiger partial charge in [-0.05, 0) is 24.7 Å². The van der Waals surface area contributed by atoms with Crippen molar-refractivity contribution in [3.05, 3.63) is 35.9 Å². The summed E-state index contributed by atoms with van der Waals surface area (Å²) in [5.74, 6) is 0.228. The van der Waals surface area contributed by atoms with Crippen LogP contribution in [0.5, 0.6) is 0 Å². The van der Waals surface area contributed by atoms with E-state index in [0.29, 0.717) is 19.1 Å². The third kappa shape index (κ3) is 3.90. The molecule has 3 heteroatoms. The molecule has 1 aromatic rings. The van der Waals surface area contributed by atoms with Gasteiger partial charge in [0.05, 0.1) is 12.6 Å². The minimum absolute atomic E-state index is 0.147. The highest BCUT2D eigenvalue weighted by molar-refractivity contribution is 5.79. The van der Waals surface area contributed by atoms with Crippen LogP contribution in [-0.4, -0.2) is 23.5 Å². The number of rotatable bonds is 1. The van der Waals surface area contributed by atoms with Crippen LogP contribution in [0.1, 0.15) is 51.3 Å². The zero-order valence-corrected chi connectivity index (χ0v) is 13.5. The van der Waals surface area contributed by atoms with Crippen LogP contribution < -0.4 is 0 Å². The molecule has 3 fully saturated rings. The predicted molar refractivity (Wildman–Crippen MR) is 87.9 cm³/mol. The Hall–Kier alpha value is -1.79. The van der Waals surface area contributed by atoms with Gasteiger partial charge in [0.2, 0.25) is 5.91 Å². The smallest absolute Gasteiger partial charge is 0.225 e. The van der Waals surface area contributed by atoms with Crippen LogP contribution in [0.25, 0.3) is 0 Å². The van der Waals surface area contributed by atoms with Gasteiger partial charge in [-0.15, -0.1) is 12.8 Å². The Morgan fingerprint density at radius 1 is 1.18 bits per heavy atom. The third-order valence-electron chi connectivity index (χ3n) is 4.41. The molecular weight excluding hydrogens is 274 g/mol. The molecule has 1 amide bonds. The Bertz CT molecular complexity index is 515. The topological polar surface area (TPSA) is 29.5 Å². The zero-order valence-electron chi connectivity index (χ0n) is 13.5. The fourth-order valence-electron chi connectivity index (χ4n) is 2.65. The Morgan fingerprint density at radius 2 is 1.77 bits per heavy atom. The molecule has 118 valence electrons. The van der Waals surface area contributed by atoms with Crippen molar-refractivity contribution in [2.75, 3.05) is 6.61 Å². The monoisotopic (exact) mass is 299 g/mol. The van der Waals surface area contributed by atoms with Crippen molar-refractivity contribution in [2.45, 2.75) is 51.8 Å². The number of nitrogens with zero attached hydrogens (tertiary/aromatic N) is 1. The lowest BCUT2D eigenvalue weighted by Crippen LogP contribution is -2.30. The van der Waals surface area contributed by atoms with Crippen LogP contribution in [0.15, 0.2) is 30.3 Å². The standard InChI is InChI=1S/C12H13NO2.C5H10.C2H2/c14-11-7-6-10-8-15-12(13(10)11)9-4-2-1-3-5-9;1-5(2)3-4-5;1-2/h1-5,10,12H,6-8H2;3-4H2,1-2H3;1-2H/t10-,12-;;/m0../s1. The first-order valence-corrected chi connectivity index (χ1v) is 7.88. The van der Waals surface area contributed by atoms with Crippen molar-refractivity contribution in [3.63, 3.8) is 0 Å². The van der Waals surface area contributed by atoms with Crippen LogP contribution in [-0.2, 0) is 9.53 Å². The first kappa shape index (κ1) is 16.6. The van der Waals surface area contributed by atoms with Gasteiger partial charge in [-0.2, -0.15) is 0 Å². The van der Waals surface area contributed by atoms with Gasteiger partial charge in [0.1, 0.15) is 0 Å². The Balaban J connectivity index is 0.000000213. The number of terminal acetylenes is 1. The summed E-state index contributed by atoms with van der Waals surface area (Å²) < 4.78 is 5.68. The number of fused-ring (bicyclic) bond motifs is 1.